The average Bonchev–Trinajstić information content (AvgIpc) is 2.67. The molecule has 0 aliphatic rings. The van der Waals surface area contributed by atoms with Crippen LogP contribution in [0.5, 0.6) is 0 Å². The van der Waals surface area contributed by atoms with Crippen molar-refractivity contribution >= 4 is 50.8 Å². The number of fused-ring (bicyclic) bond motifs is 1. The van der Waals surface area contributed by atoms with Crippen LogP contribution in [0.1, 0.15) is 5.56 Å². The third-order valence-electron chi connectivity index (χ3n) is 3.06. The summed E-state index contributed by atoms with van der Waals surface area (Å²) in [6, 6.07) is 11.9. The molecule has 3 rings (SSSR count). The first-order valence-corrected chi connectivity index (χ1v) is 7.31. The molecule has 2 aromatic carbocycles. The molecule has 0 amide bonds. The Labute approximate surface area is 129 Å². The van der Waals surface area contributed by atoms with Gasteiger partial charge in [0.1, 0.15) is 0 Å². The first-order chi connectivity index (χ1) is 9.06. The number of nitrogens with zero attached hydrogens (tertiary/aromatic N) is 1. The fourth-order valence-corrected chi connectivity index (χ4v) is 2.98. The molecule has 0 aliphatic heterocycles. The standard InChI is InChI=1S/C14H10BrClN2S/c1-8-2-4-10(16)7-13(8)18-12-5-3-9(15)6-11(12)17-14(18)19/h2-7H,1H3,(H,17,19). The summed E-state index contributed by atoms with van der Waals surface area (Å²) in [4.78, 5) is 3.22. The summed E-state index contributed by atoms with van der Waals surface area (Å²) >= 11 is 15.0. The highest BCUT2D eigenvalue weighted by atomic mass is 79.9. The second kappa shape index (κ2) is 4.78. The Morgan fingerprint density at radius 1 is 1.21 bits per heavy atom. The summed E-state index contributed by atoms with van der Waals surface area (Å²) in [5.41, 5.74) is 4.17. The number of rotatable bonds is 1. The van der Waals surface area contributed by atoms with Gasteiger partial charge in [-0.1, -0.05) is 33.6 Å². The lowest BCUT2D eigenvalue weighted by Crippen LogP contribution is -1.96. The molecule has 0 bridgehead atoms. The maximum Gasteiger partial charge on any atom is 0.182 e. The van der Waals surface area contributed by atoms with Crippen molar-refractivity contribution in [2.75, 3.05) is 0 Å². The molecule has 0 saturated carbocycles. The molecule has 1 aromatic heterocycles. The fourth-order valence-electron chi connectivity index (χ4n) is 2.15. The van der Waals surface area contributed by atoms with Gasteiger partial charge in [0.25, 0.3) is 0 Å². The molecule has 5 heteroatoms. The molecule has 1 N–H and O–H groups in total. The predicted octanol–water partition coefficient (Wildman–Crippen LogP) is 5.41. The molecular formula is C14H10BrClN2S. The Balaban J connectivity index is 2.39. The van der Waals surface area contributed by atoms with Gasteiger partial charge < -0.3 is 4.98 Å². The number of aromatic nitrogens is 2. The van der Waals surface area contributed by atoms with Crippen LogP contribution in [-0.2, 0) is 0 Å². The topological polar surface area (TPSA) is 20.7 Å². The minimum atomic E-state index is 0.665. The predicted molar refractivity (Wildman–Crippen MR) is 85.9 cm³/mol. The first-order valence-electron chi connectivity index (χ1n) is 5.73. The van der Waals surface area contributed by atoms with Crippen LogP contribution in [0.25, 0.3) is 16.7 Å². The summed E-state index contributed by atoms with van der Waals surface area (Å²) in [6.45, 7) is 2.05. The number of aryl methyl sites for hydroxylation is 1. The molecular weight excluding hydrogens is 344 g/mol. The third-order valence-corrected chi connectivity index (χ3v) is 4.07. The van der Waals surface area contributed by atoms with Crippen molar-refractivity contribution in [3.63, 3.8) is 0 Å². The van der Waals surface area contributed by atoms with E-state index in [2.05, 4.69) is 20.9 Å². The lowest BCUT2D eigenvalue weighted by atomic mass is 10.2. The van der Waals surface area contributed by atoms with E-state index in [1.807, 2.05) is 47.9 Å². The van der Waals surface area contributed by atoms with E-state index < -0.39 is 0 Å². The van der Waals surface area contributed by atoms with Crippen LogP contribution >= 0.6 is 39.7 Å². The molecule has 0 spiro atoms. The lowest BCUT2D eigenvalue weighted by Gasteiger charge is -2.09. The maximum absolute atomic E-state index is 6.10. The number of H-pyrrole nitrogens is 1. The molecule has 0 fully saturated rings. The van der Waals surface area contributed by atoms with Gasteiger partial charge in [0.05, 0.1) is 16.7 Å². The SMILES string of the molecule is Cc1ccc(Cl)cc1-n1c(=S)[nH]c2cc(Br)ccc21. The van der Waals surface area contributed by atoms with Gasteiger partial charge in [-0.2, -0.15) is 0 Å². The average molecular weight is 354 g/mol. The van der Waals surface area contributed by atoms with Gasteiger partial charge in [-0.3, -0.25) is 4.57 Å². The number of aromatic amines is 1. The van der Waals surface area contributed by atoms with Crippen molar-refractivity contribution < 1.29 is 0 Å². The Morgan fingerprint density at radius 3 is 2.79 bits per heavy atom. The molecule has 0 atom stereocenters. The normalized spacial score (nSPS) is 11.1. The van der Waals surface area contributed by atoms with E-state index in [4.69, 9.17) is 23.8 Å². The van der Waals surface area contributed by atoms with Crippen molar-refractivity contribution in [3.05, 3.63) is 56.2 Å². The number of nitrogens with one attached hydrogen (secondary N) is 1. The number of hydrogen-bond acceptors (Lipinski definition) is 1. The minimum Gasteiger partial charge on any atom is -0.330 e. The van der Waals surface area contributed by atoms with Crippen LogP contribution in [0.2, 0.25) is 5.02 Å². The number of halogens is 2. The highest BCUT2D eigenvalue weighted by molar-refractivity contribution is 9.10. The zero-order chi connectivity index (χ0) is 13.6. The summed E-state index contributed by atoms with van der Waals surface area (Å²) < 4.78 is 3.70. The quantitative estimate of drug-likeness (QED) is 0.580. The van der Waals surface area contributed by atoms with Crippen molar-refractivity contribution in [3.8, 4) is 5.69 Å². The van der Waals surface area contributed by atoms with E-state index in [1.54, 1.807) is 0 Å². The van der Waals surface area contributed by atoms with Crippen LogP contribution in [0.3, 0.4) is 0 Å². The Hall–Kier alpha value is -1.10. The number of hydrogen-bond donors (Lipinski definition) is 1. The second-order valence-electron chi connectivity index (χ2n) is 4.36. The molecule has 0 unspecified atom stereocenters. The van der Waals surface area contributed by atoms with Gasteiger partial charge in [0, 0.05) is 9.50 Å². The second-order valence-corrected chi connectivity index (χ2v) is 6.10. The van der Waals surface area contributed by atoms with Crippen LogP contribution in [0, 0.1) is 11.7 Å². The van der Waals surface area contributed by atoms with Gasteiger partial charge in [-0.25, -0.2) is 0 Å². The Kier molecular flexibility index (Phi) is 3.25. The molecule has 0 saturated heterocycles. The van der Waals surface area contributed by atoms with Crippen molar-refractivity contribution in [2.45, 2.75) is 6.92 Å². The van der Waals surface area contributed by atoms with Crippen LogP contribution in [0.15, 0.2) is 40.9 Å². The fraction of sp³-hybridized carbons (Fsp3) is 0.0714. The smallest absolute Gasteiger partial charge is 0.182 e. The molecule has 1 heterocycles. The maximum atomic E-state index is 6.10. The zero-order valence-corrected chi connectivity index (χ0v) is 13.2. The van der Waals surface area contributed by atoms with Crippen LogP contribution < -0.4 is 0 Å². The summed E-state index contributed by atoms with van der Waals surface area (Å²) in [7, 11) is 0. The van der Waals surface area contributed by atoms with Crippen molar-refractivity contribution in [1.82, 2.24) is 9.55 Å². The Morgan fingerprint density at radius 2 is 2.00 bits per heavy atom. The van der Waals surface area contributed by atoms with Gasteiger partial charge in [-0.05, 0) is 55.0 Å². The summed E-state index contributed by atoms with van der Waals surface area (Å²) in [5.74, 6) is 0. The van der Waals surface area contributed by atoms with Gasteiger partial charge in [0.2, 0.25) is 0 Å². The molecule has 96 valence electrons. The molecule has 3 aromatic rings. The van der Waals surface area contributed by atoms with E-state index in [9.17, 15) is 0 Å². The summed E-state index contributed by atoms with van der Waals surface area (Å²) in [5, 5.41) is 0.703. The highest BCUT2D eigenvalue weighted by Gasteiger charge is 2.09. The molecule has 0 radical (unpaired) electrons. The summed E-state index contributed by atoms with van der Waals surface area (Å²) in [6.07, 6.45) is 0. The van der Waals surface area contributed by atoms with Crippen LogP contribution in [-0.4, -0.2) is 9.55 Å². The lowest BCUT2D eigenvalue weighted by molar-refractivity contribution is 1.05. The van der Waals surface area contributed by atoms with E-state index >= 15 is 0 Å². The van der Waals surface area contributed by atoms with Gasteiger partial charge in [-0.15, -0.1) is 0 Å². The highest BCUT2D eigenvalue weighted by Crippen LogP contribution is 2.26. The van der Waals surface area contributed by atoms with Crippen molar-refractivity contribution in [1.29, 1.82) is 0 Å². The van der Waals surface area contributed by atoms with E-state index in [0.29, 0.717) is 9.79 Å². The molecule has 19 heavy (non-hydrogen) atoms. The largest absolute Gasteiger partial charge is 0.330 e. The molecule has 0 aliphatic carbocycles. The van der Waals surface area contributed by atoms with Gasteiger partial charge >= 0.3 is 0 Å². The van der Waals surface area contributed by atoms with Crippen LogP contribution in [0.4, 0.5) is 0 Å². The van der Waals surface area contributed by atoms with Crippen molar-refractivity contribution in [2.24, 2.45) is 0 Å². The third kappa shape index (κ3) is 2.24. The number of benzene rings is 2. The minimum absolute atomic E-state index is 0.665. The monoisotopic (exact) mass is 352 g/mol. The number of imidazole rings is 1. The van der Waals surface area contributed by atoms with E-state index in [0.717, 1.165) is 26.8 Å². The molecule has 2 nitrogen and oxygen atoms in total. The van der Waals surface area contributed by atoms with Gasteiger partial charge in [0.15, 0.2) is 4.77 Å². The Bertz CT molecular complexity index is 835. The first kappa shape index (κ1) is 12.9. The zero-order valence-electron chi connectivity index (χ0n) is 10.1. The van der Waals surface area contributed by atoms with E-state index in [1.165, 1.54) is 0 Å². The van der Waals surface area contributed by atoms with E-state index in [-0.39, 0.29) is 0 Å².